The van der Waals surface area contributed by atoms with Gasteiger partial charge in [0.25, 0.3) is 0 Å². The number of nitrogens with zero attached hydrogens (tertiary/aromatic N) is 4. The molecule has 0 aliphatic carbocycles. The summed E-state index contributed by atoms with van der Waals surface area (Å²) in [4.78, 5) is 26.2. The number of piperidine rings is 1. The summed E-state index contributed by atoms with van der Waals surface area (Å²) >= 11 is 6.46. The highest BCUT2D eigenvalue weighted by atomic mass is 35.5. The maximum Gasteiger partial charge on any atom is 0.247 e. The molecule has 2 aliphatic rings. The Bertz CT molecular complexity index is 1550. The molecule has 3 N–H and O–H groups in total. The van der Waals surface area contributed by atoms with Crippen LogP contribution in [0.5, 0.6) is 5.75 Å². The van der Waals surface area contributed by atoms with Crippen LogP contribution in [-0.2, 0) is 14.1 Å². The van der Waals surface area contributed by atoms with Crippen molar-refractivity contribution in [3.05, 3.63) is 60.3 Å². The Morgan fingerprint density at radius 2 is 1.82 bits per heavy atom. The average molecular weight is 640 g/mol. The molecule has 0 radical (unpaired) electrons. The first kappa shape index (κ1) is 31.8. The zero-order valence-corrected chi connectivity index (χ0v) is 27.0. The number of benzene rings is 2. The van der Waals surface area contributed by atoms with E-state index in [2.05, 4.69) is 42.3 Å². The topological polar surface area (TPSA) is 121 Å². The standard InChI is InChI=1S/C31H39ClN7O4P/c1-5-29(40)34-24-18-25(27(42-2)19-26(24)39-12-10-21(11-13-39)38-14-16-43-17-15-38)36-31-33-20-22(32)30(37-31)35-23-8-6-7-9-28(23)44(3,4)41/h5-9,18-21H,1,10-17H2,2-4H3,(H,34,40)(H2,33,35,36,37). The van der Waals surface area contributed by atoms with E-state index < -0.39 is 7.14 Å². The van der Waals surface area contributed by atoms with Crippen LogP contribution in [0.2, 0.25) is 5.02 Å². The highest BCUT2D eigenvalue weighted by Crippen LogP contribution is 2.41. The molecule has 0 bridgehead atoms. The molecule has 1 aromatic heterocycles. The van der Waals surface area contributed by atoms with Gasteiger partial charge in [0.15, 0.2) is 5.82 Å². The minimum atomic E-state index is -2.57. The number of hydrogen-bond donors (Lipinski definition) is 3. The van der Waals surface area contributed by atoms with Crippen molar-refractivity contribution >= 4 is 64.5 Å². The number of morpholine rings is 1. The second-order valence-corrected chi connectivity index (χ2v) is 14.7. The molecular formula is C31H39ClN7O4P. The molecule has 13 heteroatoms. The molecule has 0 saturated carbocycles. The van der Waals surface area contributed by atoms with Crippen LogP contribution in [0.25, 0.3) is 0 Å². The van der Waals surface area contributed by atoms with Gasteiger partial charge < -0.3 is 34.9 Å². The summed E-state index contributed by atoms with van der Waals surface area (Å²) in [5.74, 6) is 0.846. The second-order valence-electron chi connectivity index (χ2n) is 11.1. The van der Waals surface area contributed by atoms with E-state index in [1.165, 1.54) is 12.3 Å². The van der Waals surface area contributed by atoms with Gasteiger partial charge in [-0.1, -0.05) is 30.3 Å². The van der Waals surface area contributed by atoms with E-state index in [4.69, 9.17) is 21.1 Å². The van der Waals surface area contributed by atoms with Crippen LogP contribution in [0.1, 0.15) is 12.8 Å². The zero-order valence-electron chi connectivity index (χ0n) is 25.3. The van der Waals surface area contributed by atoms with E-state index in [0.29, 0.717) is 45.0 Å². The van der Waals surface area contributed by atoms with Crippen LogP contribution in [0.3, 0.4) is 0 Å². The van der Waals surface area contributed by atoms with Gasteiger partial charge in [0.05, 0.1) is 49.3 Å². The van der Waals surface area contributed by atoms with E-state index in [1.807, 2.05) is 36.4 Å². The molecule has 3 heterocycles. The number of aromatic nitrogens is 2. The number of carbonyl (C=O) groups is 1. The first-order valence-electron chi connectivity index (χ1n) is 14.6. The van der Waals surface area contributed by atoms with E-state index in [0.717, 1.165) is 57.9 Å². The number of hydrogen-bond acceptors (Lipinski definition) is 10. The third-order valence-corrected chi connectivity index (χ3v) is 9.68. The molecule has 234 valence electrons. The van der Waals surface area contributed by atoms with Gasteiger partial charge in [0.2, 0.25) is 11.9 Å². The third kappa shape index (κ3) is 7.53. The number of para-hydroxylation sites is 1. The van der Waals surface area contributed by atoms with Crippen molar-refractivity contribution in [1.82, 2.24) is 14.9 Å². The van der Waals surface area contributed by atoms with Gasteiger partial charge in [-0.2, -0.15) is 4.98 Å². The molecule has 5 rings (SSSR count). The number of nitrogens with one attached hydrogen (secondary N) is 3. The zero-order chi connectivity index (χ0) is 31.3. The van der Waals surface area contributed by atoms with Crippen molar-refractivity contribution in [1.29, 1.82) is 0 Å². The van der Waals surface area contributed by atoms with Crippen LogP contribution in [0.4, 0.5) is 34.5 Å². The summed E-state index contributed by atoms with van der Waals surface area (Å²) < 4.78 is 24.2. The fourth-order valence-electron chi connectivity index (χ4n) is 5.61. The van der Waals surface area contributed by atoms with Crippen LogP contribution < -0.4 is 30.9 Å². The van der Waals surface area contributed by atoms with E-state index in [-0.39, 0.29) is 11.9 Å². The third-order valence-electron chi connectivity index (χ3n) is 7.86. The van der Waals surface area contributed by atoms with Gasteiger partial charge >= 0.3 is 0 Å². The lowest BCUT2D eigenvalue weighted by molar-refractivity contribution is -0.111. The molecule has 0 spiro atoms. The Morgan fingerprint density at radius 1 is 1.09 bits per heavy atom. The Labute approximate surface area is 263 Å². The van der Waals surface area contributed by atoms with Gasteiger partial charge in [-0.25, -0.2) is 4.98 Å². The van der Waals surface area contributed by atoms with Crippen molar-refractivity contribution < 1.29 is 18.8 Å². The van der Waals surface area contributed by atoms with Gasteiger partial charge in [-0.3, -0.25) is 9.69 Å². The van der Waals surface area contributed by atoms with Gasteiger partial charge in [-0.15, -0.1) is 0 Å². The Kier molecular flexibility index (Phi) is 10.1. The number of rotatable bonds is 10. The first-order valence-corrected chi connectivity index (χ1v) is 17.6. The molecule has 2 aliphatic heterocycles. The normalized spacial score (nSPS) is 16.3. The van der Waals surface area contributed by atoms with Gasteiger partial charge in [0.1, 0.15) is 17.9 Å². The molecule has 3 aromatic rings. The summed E-state index contributed by atoms with van der Waals surface area (Å²) in [6.45, 7) is 12.2. The summed E-state index contributed by atoms with van der Waals surface area (Å²) in [6, 6.07) is 11.6. The minimum Gasteiger partial charge on any atom is -0.494 e. The smallest absolute Gasteiger partial charge is 0.247 e. The summed E-state index contributed by atoms with van der Waals surface area (Å²) in [6.07, 6.45) is 4.76. The number of methoxy groups -OCH3 is 1. The van der Waals surface area contributed by atoms with Crippen molar-refractivity contribution in [2.75, 3.05) is 80.7 Å². The van der Waals surface area contributed by atoms with Crippen molar-refractivity contribution in [2.45, 2.75) is 18.9 Å². The van der Waals surface area contributed by atoms with Gasteiger partial charge in [0, 0.05) is 43.6 Å². The fraction of sp³-hybridized carbons (Fsp3) is 0.387. The molecule has 2 fully saturated rings. The molecular weight excluding hydrogens is 601 g/mol. The van der Waals surface area contributed by atoms with Crippen LogP contribution in [0, 0.1) is 0 Å². The van der Waals surface area contributed by atoms with E-state index >= 15 is 0 Å². The monoisotopic (exact) mass is 639 g/mol. The lowest BCUT2D eigenvalue weighted by Gasteiger charge is -2.41. The lowest BCUT2D eigenvalue weighted by Crippen LogP contribution is -2.49. The molecule has 0 unspecified atom stereocenters. The largest absolute Gasteiger partial charge is 0.494 e. The number of carbonyl (C=O) groups excluding carboxylic acids is 1. The highest BCUT2D eigenvalue weighted by Gasteiger charge is 2.28. The van der Waals surface area contributed by atoms with Crippen LogP contribution in [0.15, 0.2) is 55.3 Å². The van der Waals surface area contributed by atoms with Crippen molar-refractivity contribution in [3.8, 4) is 5.75 Å². The second kappa shape index (κ2) is 14.0. The molecule has 44 heavy (non-hydrogen) atoms. The number of anilines is 6. The predicted octanol–water partition coefficient (Wildman–Crippen LogP) is 5.30. The predicted molar refractivity (Wildman–Crippen MR) is 179 cm³/mol. The van der Waals surface area contributed by atoms with Crippen LogP contribution >= 0.6 is 18.7 Å². The van der Waals surface area contributed by atoms with E-state index in [1.54, 1.807) is 20.4 Å². The number of ether oxygens (including phenoxy) is 2. The SMILES string of the molecule is C=CC(=O)Nc1cc(Nc2ncc(Cl)c(Nc3ccccc3P(C)(C)=O)n2)c(OC)cc1N1CCC(N2CCOCC2)CC1. The summed E-state index contributed by atoms with van der Waals surface area (Å²) in [5.41, 5.74) is 2.69. The molecule has 1 amide bonds. The lowest BCUT2D eigenvalue weighted by atomic mass is 10.0. The minimum absolute atomic E-state index is 0.254. The Hall–Kier alpha value is -3.63. The van der Waals surface area contributed by atoms with E-state index in [9.17, 15) is 9.36 Å². The summed E-state index contributed by atoms with van der Waals surface area (Å²) in [7, 11) is -0.972. The number of amides is 1. The number of halogens is 1. The molecule has 2 aromatic carbocycles. The van der Waals surface area contributed by atoms with Crippen LogP contribution in [-0.4, -0.2) is 86.6 Å². The van der Waals surface area contributed by atoms with Crippen molar-refractivity contribution in [3.63, 3.8) is 0 Å². The first-order chi connectivity index (χ1) is 21.2. The highest BCUT2D eigenvalue weighted by molar-refractivity contribution is 7.70. The summed E-state index contributed by atoms with van der Waals surface area (Å²) in [5, 5.41) is 10.4. The van der Waals surface area contributed by atoms with Crippen molar-refractivity contribution in [2.24, 2.45) is 0 Å². The average Bonchev–Trinajstić information content (AvgIpc) is 3.03. The maximum absolute atomic E-state index is 12.9. The quantitative estimate of drug-likeness (QED) is 0.199. The molecule has 0 atom stereocenters. The Morgan fingerprint density at radius 3 is 2.50 bits per heavy atom. The molecule has 11 nitrogen and oxygen atoms in total. The fourth-order valence-corrected chi connectivity index (χ4v) is 6.90. The Balaban J connectivity index is 1.41. The molecule has 2 saturated heterocycles. The van der Waals surface area contributed by atoms with Gasteiger partial charge in [-0.05, 0) is 50.4 Å². The maximum atomic E-state index is 12.9.